The third-order valence-corrected chi connectivity index (χ3v) is 2.51. The van der Waals surface area contributed by atoms with E-state index in [1.165, 1.54) is 12.3 Å². The van der Waals surface area contributed by atoms with Crippen molar-refractivity contribution in [3.05, 3.63) is 58.9 Å². The summed E-state index contributed by atoms with van der Waals surface area (Å²) in [5.41, 5.74) is 0.204. The highest BCUT2D eigenvalue weighted by atomic mass is 35.5. The molecule has 0 unspecified atom stereocenters. The molecule has 5 heteroatoms. The van der Waals surface area contributed by atoms with E-state index in [0.717, 1.165) is 0 Å². The zero-order chi connectivity index (χ0) is 13.0. The molecule has 0 aliphatic heterocycles. The molecule has 0 bridgehead atoms. The van der Waals surface area contributed by atoms with Gasteiger partial charge < -0.3 is 10.6 Å². The zero-order valence-electron chi connectivity index (χ0n) is 9.31. The number of rotatable bonds is 3. The Morgan fingerprint density at radius 3 is 2.56 bits per heavy atom. The number of ether oxygens (including phenoxy) is 1. The Morgan fingerprint density at radius 2 is 1.89 bits per heavy atom. The highest BCUT2D eigenvalue weighted by molar-refractivity contribution is 6.30. The highest BCUT2D eigenvalue weighted by Gasteiger charge is 2.08. The molecule has 2 N–H and O–H groups in total. The Kier molecular flexibility index (Phi) is 3.79. The Bertz CT molecular complexity index is 570. The molecule has 0 aliphatic rings. The first-order valence-electron chi connectivity index (χ1n) is 5.16. The summed E-state index contributed by atoms with van der Waals surface area (Å²) in [6, 6.07) is 11.3. The first kappa shape index (κ1) is 12.4. The third kappa shape index (κ3) is 2.78. The largest absolute Gasteiger partial charge is 0.457 e. The normalized spacial score (nSPS) is 10.8. The lowest BCUT2D eigenvalue weighted by molar-refractivity contribution is 0.475. The summed E-state index contributed by atoms with van der Waals surface area (Å²) in [5, 5.41) is 3.92. The quantitative estimate of drug-likeness (QED) is 0.523. The molecule has 0 radical (unpaired) electrons. The maximum absolute atomic E-state index is 13.6. The standard InChI is InChI=1S/C13H10ClFN2O/c14-9-4-6-10(7-5-9)18-13-3-1-2-12(15)11(13)8-17-16/h1-8H,16H2. The molecule has 0 saturated carbocycles. The van der Waals surface area contributed by atoms with Gasteiger partial charge in [0.05, 0.1) is 11.8 Å². The number of benzene rings is 2. The number of nitrogens with zero attached hydrogens (tertiary/aromatic N) is 1. The van der Waals surface area contributed by atoms with Crippen LogP contribution in [0.1, 0.15) is 5.56 Å². The van der Waals surface area contributed by atoms with Crippen molar-refractivity contribution in [3.63, 3.8) is 0 Å². The molecular formula is C13H10ClFN2O. The first-order valence-corrected chi connectivity index (χ1v) is 5.53. The van der Waals surface area contributed by atoms with Gasteiger partial charge in [0.1, 0.15) is 17.3 Å². The van der Waals surface area contributed by atoms with Gasteiger partial charge in [-0.15, -0.1) is 0 Å². The summed E-state index contributed by atoms with van der Waals surface area (Å²) in [4.78, 5) is 0. The van der Waals surface area contributed by atoms with E-state index in [-0.39, 0.29) is 5.56 Å². The van der Waals surface area contributed by atoms with Gasteiger partial charge in [-0.3, -0.25) is 0 Å². The predicted octanol–water partition coefficient (Wildman–Crippen LogP) is 3.56. The first-order chi connectivity index (χ1) is 8.70. The van der Waals surface area contributed by atoms with Crippen molar-refractivity contribution >= 4 is 17.8 Å². The lowest BCUT2D eigenvalue weighted by Gasteiger charge is -2.09. The van der Waals surface area contributed by atoms with Crippen molar-refractivity contribution in [2.75, 3.05) is 0 Å². The van der Waals surface area contributed by atoms with Gasteiger partial charge in [0.15, 0.2) is 0 Å². The van der Waals surface area contributed by atoms with Crippen LogP contribution in [0.3, 0.4) is 0 Å². The van der Waals surface area contributed by atoms with Crippen LogP contribution >= 0.6 is 11.6 Å². The molecule has 18 heavy (non-hydrogen) atoms. The van der Waals surface area contributed by atoms with Crippen LogP contribution in [0.25, 0.3) is 0 Å². The van der Waals surface area contributed by atoms with Crippen molar-refractivity contribution in [1.82, 2.24) is 0 Å². The SMILES string of the molecule is NN=Cc1c(F)cccc1Oc1ccc(Cl)cc1. The van der Waals surface area contributed by atoms with Gasteiger partial charge in [0.25, 0.3) is 0 Å². The summed E-state index contributed by atoms with van der Waals surface area (Å²) in [6.07, 6.45) is 1.21. The Hall–Kier alpha value is -2.07. The maximum Gasteiger partial charge on any atom is 0.139 e. The average molecular weight is 265 g/mol. The molecule has 0 spiro atoms. The van der Waals surface area contributed by atoms with Crippen LogP contribution in [0.15, 0.2) is 47.6 Å². The van der Waals surface area contributed by atoms with Crippen LogP contribution in [0.5, 0.6) is 11.5 Å². The van der Waals surface area contributed by atoms with Crippen LogP contribution < -0.4 is 10.6 Å². The zero-order valence-corrected chi connectivity index (χ0v) is 10.1. The van der Waals surface area contributed by atoms with Crippen molar-refractivity contribution in [3.8, 4) is 11.5 Å². The van der Waals surface area contributed by atoms with E-state index < -0.39 is 5.82 Å². The highest BCUT2D eigenvalue weighted by Crippen LogP contribution is 2.26. The minimum absolute atomic E-state index is 0.204. The van der Waals surface area contributed by atoms with Crippen molar-refractivity contribution in [2.24, 2.45) is 10.9 Å². The molecule has 2 aromatic carbocycles. The van der Waals surface area contributed by atoms with Gasteiger partial charge in [-0.2, -0.15) is 5.10 Å². The molecule has 0 saturated heterocycles. The van der Waals surface area contributed by atoms with E-state index in [2.05, 4.69) is 5.10 Å². The second kappa shape index (κ2) is 5.51. The Labute approximate surface area is 109 Å². The van der Waals surface area contributed by atoms with Crippen LogP contribution in [0.4, 0.5) is 4.39 Å². The van der Waals surface area contributed by atoms with Gasteiger partial charge in [-0.1, -0.05) is 17.7 Å². The molecule has 2 rings (SSSR count). The lowest BCUT2D eigenvalue weighted by Crippen LogP contribution is -1.96. The van der Waals surface area contributed by atoms with E-state index in [1.54, 1.807) is 36.4 Å². The lowest BCUT2D eigenvalue weighted by atomic mass is 10.2. The Morgan fingerprint density at radius 1 is 1.17 bits per heavy atom. The van der Waals surface area contributed by atoms with Gasteiger partial charge in [-0.25, -0.2) is 4.39 Å². The fourth-order valence-corrected chi connectivity index (χ4v) is 1.56. The van der Waals surface area contributed by atoms with Gasteiger partial charge in [0, 0.05) is 5.02 Å². The summed E-state index contributed by atoms with van der Waals surface area (Å²) >= 11 is 5.77. The van der Waals surface area contributed by atoms with Crippen molar-refractivity contribution in [2.45, 2.75) is 0 Å². The number of halogens is 2. The number of nitrogens with two attached hydrogens (primary N) is 1. The molecule has 2 aromatic rings. The summed E-state index contributed by atoms with van der Waals surface area (Å²) in [5.74, 6) is 5.48. The van der Waals surface area contributed by atoms with Crippen LogP contribution in [0, 0.1) is 5.82 Å². The minimum Gasteiger partial charge on any atom is -0.457 e. The fraction of sp³-hybridized carbons (Fsp3) is 0. The Balaban J connectivity index is 2.34. The summed E-state index contributed by atoms with van der Waals surface area (Å²) in [7, 11) is 0. The molecule has 0 heterocycles. The molecule has 0 amide bonds. The average Bonchev–Trinajstić information content (AvgIpc) is 2.36. The molecule has 3 nitrogen and oxygen atoms in total. The number of hydrogen-bond donors (Lipinski definition) is 1. The van der Waals surface area contributed by atoms with Crippen molar-refractivity contribution in [1.29, 1.82) is 0 Å². The smallest absolute Gasteiger partial charge is 0.139 e. The number of hydrazone groups is 1. The monoisotopic (exact) mass is 264 g/mol. The second-order valence-corrected chi connectivity index (χ2v) is 3.92. The topological polar surface area (TPSA) is 47.6 Å². The van der Waals surface area contributed by atoms with E-state index in [4.69, 9.17) is 22.2 Å². The van der Waals surface area contributed by atoms with E-state index in [1.807, 2.05) is 0 Å². The van der Waals surface area contributed by atoms with Crippen LogP contribution in [0.2, 0.25) is 5.02 Å². The molecular weight excluding hydrogens is 255 g/mol. The molecule has 0 aromatic heterocycles. The molecule has 92 valence electrons. The van der Waals surface area contributed by atoms with Gasteiger partial charge >= 0.3 is 0 Å². The second-order valence-electron chi connectivity index (χ2n) is 3.49. The van der Waals surface area contributed by atoms with Crippen molar-refractivity contribution < 1.29 is 9.13 Å². The molecule has 0 aliphatic carbocycles. The van der Waals surface area contributed by atoms with Crippen LogP contribution in [-0.2, 0) is 0 Å². The fourth-order valence-electron chi connectivity index (χ4n) is 1.44. The number of hydrogen-bond acceptors (Lipinski definition) is 3. The summed E-state index contributed by atoms with van der Waals surface area (Å²) < 4.78 is 19.1. The van der Waals surface area contributed by atoms with E-state index in [9.17, 15) is 4.39 Å². The predicted molar refractivity (Wildman–Crippen MR) is 69.7 cm³/mol. The van der Waals surface area contributed by atoms with E-state index >= 15 is 0 Å². The van der Waals surface area contributed by atoms with Crippen LogP contribution in [-0.4, -0.2) is 6.21 Å². The van der Waals surface area contributed by atoms with E-state index in [0.29, 0.717) is 16.5 Å². The minimum atomic E-state index is -0.448. The van der Waals surface area contributed by atoms with Gasteiger partial charge in [-0.05, 0) is 36.4 Å². The maximum atomic E-state index is 13.6. The summed E-state index contributed by atoms with van der Waals surface area (Å²) in [6.45, 7) is 0. The molecule has 0 fully saturated rings. The molecule has 0 atom stereocenters. The van der Waals surface area contributed by atoms with Gasteiger partial charge in [0.2, 0.25) is 0 Å². The third-order valence-electron chi connectivity index (χ3n) is 2.26.